The summed E-state index contributed by atoms with van der Waals surface area (Å²) in [6, 6.07) is 28.6. The van der Waals surface area contributed by atoms with E-state index in [-0.39, 0.29) is 60.6 Å². The molecule has 0 bridgehead atoms. The number of halogens is 1. The lowest BCUT2D eigenvalue weighted by Gasteiger charge is -2.37. The summed E-state index contributed by atoms with van der Waals surface area (Å²) < 4.78 is 78.8. The van der Waals surface area contributed by atoms with E-state index in [1.165, 1.54) is 0 Å². The second-order valence-corrected chi connectivity index (χ2v) is 29.9. The molecule has 24 nitrogen and oxygen atoms in total. The van der Waals surface area contributed by atoms with Gasteiger partial charge >= 0.3 is 7.12 Å². The highest BCUT2D eigenvalue weighted by atomic mass is 79.9. The number of Topliss-reactive ketones (excluding diaryl/α,β-unsaturated/α-hetero) is 2. The predicted octanol–water partition coefficient (Wildman–Crippen LogP) is 11.5. The fourth-order valence-corrected chi connectivity index (χ4v) is 14.1. The molecular formula is C86H124BBrN4O20. The van der Waals surface area contributed by atoms with Gasteiger partial charge in [-0.25, -0.2) is 0 Å². The lowest BCUT2D eigenvalue weighted by atomic mass is 9.79. The fraction of sp³-hybridized carbons (Fsp3) is 0.581. The average molecular weight is 1620 g/mol. The van der Waals surface area contributed by atoms with Crippen LogP contribution in [0.5, 0.6) is 11.5 Å². The minimum absolute atomic E-state index is 0.0125. The zero-order chi connectivity index (χ0) is 80.8. The van der Waals surface area contributed by atoms with Gasteiger partial charge in [0.2, 0.25) is 0 Å². The highest BCUT2D eigenvalue weighted by molar-refractivity contribution is 9.10. The first kappa shape index (κ1) is 92.5. The number of ketones is 2. The van der Waals surface area contributed by atoms with Gasteiger partial charge in [-0.3, -0.25) is 19.2 Å². The van der Waals surface area contributed by atoms with Crippen molar-refractivity contribution in [1.29, 1.82) is 0 Å². The number of rotatable bonds is 46. The Morgan fingerprint density at radius 3 is 1.19 bits per heavy atom. The van der Waals surface area contributed by atoms with E-state index in [1.807, 2.05) is 142 Å². The number of nitrogens with zero attached hydrogens (tertiary/aromatic N) is 2. The zero-order valence-corrected chi connectivity index (χ0v) is 70.0. The second kappa shape index (κ2) is 49.3. The Morgan fingerprint density at radius 2 is 0.821 bits per heavy atom. The Morgan fingerprint density at radius 1 is 0.473 bits per heavy atom. The van der Waals surface area contributed by atoms with Crippen LogP contribution in [0.15, 0.2) is 99.0 Å². The SMILES string of the molecule is CC1(C)OB(c2ccc(OCCOCCOCCOCCOCCO)cc2)OC1(C)C.CCN(c1cc(-c2ccc(OCCOCCOCCOCCOCCO)cc2)cc(C(=O)CCc2c(C)cc(C)[nH]c2=O)c1C)C1CCOCC1.CCN(c1cc(Br)cc(C(=O)CCc2c(C)cc(C)[nH]c2=O)c1C)C1CCOCC1. The molecule has 618 valence electrons. The van der Waals surface area contributed by atoms with Crippen LogP contribution in [-0.2, 0) is 69.5 Å². The molecule has 5 heterocycles. The van der Waals surface area contributed by atoms with Crippen molar-refractivity contribution in [3.05, 3.63) is 166 Å². The van der Waals surface area contributed by atoms with Gasteiger partial charge in [-0.15, -0.1) is 0 Å². The molecule has 0 atom stereocenters. The number of carbonyl (C=O) groups excluding carboxylic acids is 2. The monoisotopic (exact) mass is 1620 g/mol. The van der Waals surface area contributed by atoms with Crippen LogP contribution in [0.2, 0.25) is 0 Å². The Bertz CT molecular complexity index is 3880. The molecule has 0 radical (unpaired) electrons. The van der Waals surface area contributed by atoms with E-state index < -0.39 is 0 Å². The Labute approximate surface area is 671 Å². The number of hydrogen-bond donors (Lipinski definition) is 4. The van der Waals surface area contributed by atoms with Crippen LogP contribution in [0, 0.1) is 41.5 Å². The molecule has 4 N–H and O–H groups in total. The van der Waals surface area contributed by atoms with Crippen molar-refractivity contribution >= 4 is 51.5 Å². The van der Waals surface area contributed by atoms with E-state index in [4.69, 9.17) is 76.4 Å². The Kier molecular flexibility index (Phi) is 40.7. The number of ether oxygens (including phenoxy) is 12. The normalized spacial score (nSPS) is 14.8. The summed E-state index contributed by atoms with van der Waals surface area (Å²) in [6.45, 7) is 37.2. The van der Waals surface area contributed by atoms with Crippen LogP contribution in [0.3, 0.4) is 0 Å². The van der Waals surface area contributed by atoms with Crippen molar-refractivity contribution in [3.63, 3.8) is 0 Å². The van der Waals surface area contributed by atoms with Crippen LogP contribution in [0.4, 0.5) is 11.4 Å². The first-order valence-electron chi connectivity index (χ1n) is 39.7. The first-order valence-corrected chi connectivity index (χ1v) is 40.5. The summed E-state index contributed by atoms with van der Waals surface area (Å²) in [5.74, 6) is 1.60. The number of anilines is 2. The number of pyridine rings is 2. The lowest BCUT2D eigenvalue weighted by molar-refractivity contribution is -0.00779. The lowest BCUT2D eigenvalue weighted by Crippen LogP contribution is -2.41. The van der Waals surface area contributed by atoms with Crippen molar-refractivity contribution in [1.82, 2.24) is 9.97 Å². The van der Waals surface area contributed by atoms with Gasteiger partial charge in [-0.05, 0) is 221 Å². The van der Waals surface area contributed by atoms with Crippen molar-refractivity contribution < 1.29 is 86.0 Å². The number of hydrogen-bond acceptors (Lipinski definition) is 22. The topological polar surface area (TPSA) is 276 Å². The zero-order valence-electron chi connectivity index (χ0n) is 68.4. The van der Waals surface area contributed by atoms with Crippen LogP contribution in [0.25, 0.3) is 11.1 Å². The van der Waals surface area contributed by atoms with Crippen molar-refractivity contribution in [2.24, 2.45) is 0 Å². The predicted molar refractivity (Wildman–Crippen MR) is 441 cm³/mol. The summed E-state index contributed by atoms with van der Waals surface area (Å²) >= 11 is 3.61. The smallest absolute Gasteiger partial charge is 0.491 e. The molecular weight excluding hydrogens is 1500 g/mol. The van der Waals surface area contributed by atoms with E-state index in [9.17, 15) is 19.2 Å². The molecule has 0 unspecified atom stereocenters. The second-order valence-electron chi connectivity index (χ2n) is 29.0. The summed E-state index contributed by atoms with van der Waals surface area (Å²) in [4.78, 5) is 62.6. The maximum Gasteiger partial charge on any atom is 0.494 e. The third-order valence-corrected chi connectivity index (χ3v) is 20.8. The van der Waals surface area contributed by atoms with Crippen molar-refractivity contribution in [2.75, 3.05) is 181 Å². The molecule has 3 aliphatic rings. The standard InChI is InChI=1S/C40H56N2O9.C24H31BrN2O3.C22H37BO8/c1-5-42(34-12-15-46-16-13-34)38-28-33(27-37(31(38)4)39(44)11-10-36-29(2)26-30(3)41-40(36)45)32-6-8-35(9-7-32)51-25-24-50-23-22-49-21-20-48-19-18-47-17-14-43;1-5-27(19-8-10-30-11-9-19)22-14-18(25)13-21(17(22)4)23(28)7-6-20-15(2)12-16(3)26-24(20)29;1-21(2)22(3,4)31-23(30-21)19-5-7-20(8-6-19)29-18-17-28-16-15-27-14-13-26-12-11-25-10-9-24/h6-9,26-28,34,43H,5,10-25H2,1-4H3,(H,41,45);12-14,19H,5-11H2,1-4H3,(H,26,29);5-8,24H,9-18H2,1-4H3. The maximum atomic E-state index is 13.9. The molecule has 9 rings (SSSR count). The van der Waals surface area contributed by atoms with Gasteiger partial charge < -0.3 is 96.1 Å². The van der Waals surface area contributed by atoms with E-state index in [0.717, 1.165) is 148 Å². The summed E-state index contributed by atoms with van der Waals surface area (Å²) in [7, 11) is -0.368. The number of aliphatic hydroxyl groups is 2. The first-order chi connectivity index (χ1) is 54.0. The molecule has 0 amide bonds. The molecule has 3 saturated heterocycles. The van der Waals surface area contributed by atoms with Crippen LogP contribution >= 0.6 is 15.9 Å². The van der Waals surface area contributed by atoms with Crippen molar-refractivity contribution in [2.45, 2.75) is 158 Å². The number of benzene rings is 4. The van der Waals surface area contributed by atoms with Gasteiger partial charge in [0.25, 0.3) is 11.1 Å². The fourth-order valence-electron chi connectivity index (χ4n) is 13.6. The Balaban J connectivity index is 0.000000246. The van der Waals surface area contributed by atoms with Crippen LogP contribution in [0.1, 0.15) is 146 Å². The number of aliphatic hydroxyl groups excluding tert-OH is 2. The molecule has 6 aromatic rings. The minimum Gasteiger partial charge on any atom is -0.491 e. The van der Waals surface area contributed by atoms with E-state index in [0.29, 0.717) is 167 Å². The number of aryl methyl sites for hydroxylation is 4. The largest absolute Gasteiger partial charge is 0.494 e. The number of H-pyrrole nitrogens is 2. The van der Waals surface area contributed by atoms with E-state index in [1.54, 1.807) is 0 Å². The number of carbonyl (C=O) groups is 2. The van der Waals surface area contributed by atoms with Crippen LogP contribution < -0.4 is 35.9 Å². The van der Waals surface area contributed by atoms with Gasteiger partial charge in [0.1, 0.15) is 24.7 Å². The quantitative estimate of drug-likeness (QED) is 0.0157. The molecule has 0 aliphatic carbocycles. The highest BCUT2D eigenvalue weighted by Crippen LogP contribution is 2.38. The molecule has 3 fully saturated rings. The summed E-state index contributed by atoms with van der Waals surface area (Å²) in [5, 5.41) is 17.2. The van der Waals surface area contributed by atoms with E-state index in [2.05, 4.69) is 61.7 Å². The molecule has 2 aromatic heterocycles. The average Bonchev–Trinajstić information content (AvgIpc) is 0.893. The minimum atomic E-state index is -0.368. The molecule has 3 aliphatic heterocycles. The number of aromatic nitrogens is 2. The molecule has 0 spiro atoms. The van der Waals surface area contributed by atoms with Gasteiger partial charge in [0.15, 0.2) is 11.6 Å². The number of nitrogens with one attached hydrogen (secondary N) is 2. The summed E-state index contributed by atoms with van der Waals surface area (Å²) in [6.07, 6.45) is 5.27. The maximum absolute atomic E-state index is 13.9. The molecule has 0 saturated carbocycles. The molecule has 112 heavy (non-hydrogen) atoms. The van der Waals surface area contributed by atoms with Gasteiger partial charge in [-0.1, -0.05) is 40.2 Å². The molecule has 26 heteroatoms. The van der Waals surface area contributed by atoms with E-state index >= 15 is 0 Å². The summed E-state index contributed by atoms with van der Waals surface area (Å²) in [5.41, 5.74) is 12.4. The van der Waals surface area contributed by atoms with Gasteiger partial charge in [0, 0.05) is 114 Å². The highest BCUT2D eigenvalue weighted by Gasteiger charge is 2.51. The van der Waals surface area contributed by atoms with Gasteiger partial charge in [-0.2, -0.15) is 0 Å². The Hall–Kier alpha value is -6.70. The third kappa shape index (κ3) is 29.9. The van der Waals surface area contributed by atoms with Gasteiger partial charge in [0.05, 0.1) is 130 Å². The van der Waals surface area contributed by atoms with Crippen molar-refractivity contribution in [3.8, 4) is 22.6 Å². The van der Waals surface area contributed by atoms with Crippen LogP contribution in [-0.4, -0.2) is 234 Å². The number of aromatic amines is 2. The third-order valence-electron chi connectivity index (χ3n) is 20.4. The molecule has 4 aromatic carbocycles.